The molecule has 2 aromatic rings. The van der Waals surface area contributed by atoms with Gasteiger partial charge in [-0.3, -0.25) is 0 Å². The Morgan fingerprint density at radius 1 is 1.16 bits per heavy atom. The Morgan fingerprint density at radius 2 is 1.92 bits per heavy atom. The fourth-order valence-corrected chi connectivity index (χ4v) is 2.96. The molecule has 1 fully saturated rings. The van der Waals surface area contributed by atoms with Crippen LogP contribution in [0.1, 0.15) is 18.4 Å². The van der Waals surface area contributed by atoms with Crippen LogP contribution in [0.25, 0.3) is 0 Å². The number of carbonyl (C=O) groups excluding carboxylic acids is 1. The summed E-state index contributed by atoms with van der Waals surface area (Å²) in [6, 6.07) is 15.7. The van der Waals surface area contributed by atoms with Crippen molar-refractivity contribution in [3.8, 4) is 5.75 Å². The van der Waals surface area contributed by atoms with E-state index in [1.54, 1.807) is 13.2 Å². The molecule has 1 aliphatic carbocycles. The summed E-state index contributed by atoms with van der Waals surface area (Å²) in [6.45, 7) is 0.283. The minimum absolute atomic E-state index is 0.134. The average Bonchev–Trinajstić information content (AvgIpc) is 2.60. The lowest BCUT2D eigenvalue weighted by Crippen LogP contribution is -2.49. The molecule has 3 rings (SSSR count). The van der Waals surface area contributed by atoms with Crippen LogP contribution in [0.5, 0.6) is 5.75 Å². The fraction of sp³-hybridized carbons (Fsp3) is 0.316. The van der Waals surface area contributed by atoms with Crippen molar-refractivity contribution >= 4 is 23.4 Å². The number of hydrogen-bond acceptors (Lipinski definition) is 4. The zero-order valence-corrected chi connectivity index (χ0v) is 14.8. The fourth-order valence-electron chi connectivity index (χ4n) is 2.77. The van der Waals surface area contributed by atoms with Gasteiger partial charge in [0, 0.05) is 23.8 Å². The zero-order valence-electron chi connectivity index (χ0n) is 14.0. The predicted molar refractivity (Wildman–Crippen MR) is 98.2 cm³/mol. The van der Waals surface area contributed by atoms with E-state index in [4.69, 9.17) is 21.1 Å². The van der Waals surface area contributed by atoms with Crippen molar-refractivity contribution in [1.82, 2.24) is 5.32 Å². The summed E-state index contributed by atoms with van der Waals surface area (Å²) in [5, 5.41) is 6.88. The van der Waals surface area contributed by atoms with Crippen molar-refractivity contribution in [1.29, 1.82) is 0 Å². The number of anilines is 1. The van der Waals surface area contributed by atoms with E-state index in [2.05, 4.69) is 10.6 Å². The number of rotatable bonds is 6. The molecule has 1 amide bonds. The van der Waals surface area contributed by atoms with Crippen molar-refractivity contribution in [2.45, 2.75) is 31.5 Å². The molecular formula is C19H21ClN2O3. The number of halogens is 1. The van der Waals surface area contributed by atoms with Crippen LogP contribution in [0.3, 0.4) is 0 Å². The first-order valence-electron chi connectivity index (χ1n) is 8.21. The second kappa shape index (κ2) is 8.12. The van der Waals surface area contributed by atoms with Crippen molar-refractivity contribution < 1.29 is 14.3 Å². The lowest BCUT2D eigenvalue weighted by molar-refractivity contribution is 0.129. The molecule has 5 nitrogen and oxygen atoms in total. The maximum atomic E-state index is 11.8. The van der Waals surface area contributed by atoms with Crippen LogP contribution in [0.2, 0.25) is 5.02 Å². The molecule has 132 valence electrons. The van der Waals surface area contributed by atoms with Gasteiger partial charge in [0.1, 0.15) is 12.4 Å². The molecule has 1 aliphatic rings. The highest BCUT2D eigenvalue weighted by atomic mass is 35.5. The summed E-state index contributed by atoms with van der Waals surface area (Å²) in [5.41, 5.74) is 1.93. The molecule has 25 heavy (non-hydrogen) atoms. The molecule has 2 aromatic carbocycles. The van der Waals surface area contributed by atoms with Gasteiger partial charge in [-0.2, -0.15) is 0 Å². The Kier molecular flexibility index (Phi) is 5.66. The summed E-state index contributed by atoms with van der Waals surface area (Å²) in [4.78, 5) is 11.8. The first-order chi connectivity index (χ1) is 12.1. The molecule has 0 unspecified atom stereocenters. The monoisotopic (exact) mass is 360 g/mol. The Balaban J connectivity index is 1.38. The maximum Gasteiger partial charge on any atom is 0.407 e. The number of alkyl carbamates (subject to hydrolysis) is 1. The summed E-state index contributed by atoms with van der Waals surface area (Å²) < 4.78 is 10.4. The number of amides is 1. The van der Waals surface area contributed by atoms with Gasteiger partial charge in [0.15, 0.2) is 0 Å². The van der Waals surface area contributed by atoms with E-state index in [1.165, 1.54) is 0 Å². The van der Waals surface area contributed by atoms with Crippen LogP contribution in [0.15, 0.2) is 48.5 Å². The lowest BCUT2D eigenvalue weighted by Gasteiger charge is -2.36. The SMILES string of the molecule is COc1cc(NC2CC(NC(=O)OCc3ccccc3)C2)ccc1Cl. The highest BCUT2D eigenvalue weighted by Crippen LogP contribution is 2.30. The van der Waals surface area contributed by atoms with Gasteiger partial charge >= 0.3 is 6.09 Å². The number of carbonyl (C=O) groups is 1. The number of hydrogen-bond donors (Lipinski definition) is 2. The van der Waals surface area contributed by atoms with Crippen molar-refractivity contribution in [3.05, 3.63) is 59.1 Å². The second-order valence-electron chi connectivity index (χ2n) is 6.06. The number of benzene rings is 2. The highest BCUT2D eigenvalue weighted by Gasteiger charge is 2.30. The van der Waals surface area contributed by atoms with E-state index in [9.17, 15) is 4.79 Å². The van der Waals surface area contributed by atoms with Gasteiger partial charge in [0.2, 0.25) is 0 Å². The van der Waals surface area contributed by atoms with E-state index in [1.807, 2.05) is 42.5 Å². The molecular weight excluding hydrogens is 340 g/mol. The number of methoxy groups -OCH3 is 1. The third-order valence-corrected chi connectivity index (χ3v) is 4.51. The lowest BCUT2D eigenvalue weighted by atomic mass is 9.86. The third-order valence-electron chi connectivity index (χ3n) is 4.19. The maximum absolute atomic E-state index is 11.8. The molecule has 0 spiro atoms. The first-order valence-corrected chi connectivity index (χ1v) is 8.59. The quantitative estimate of drug-likeness (QED) is 0.809. The van der Waals surface area contributed by atoms with E-state index in [0.717, 1.165) is 24.1 Å². The van der Waals surface area contributed by atoms with Gasteiger partial charge in [-0.1, -0.05) is 41.9 Å². The summed E-state index contributed by atoms with van der Waals surface area (Å²) in [7, 11) is 1.59. The first kappa shape index (κ1) is 17.4. The minimum Gasteiger partial charge on any atom is -0.495 e. The van der Waals surface area contributed by atoms with Crippen molar-refractivity contribution in [2.75, 3.05) is 12.4 Å². The molecule has 0 saturated heterocycles. The Morgan fingerprint density at radius 3 is 2.64 bits per heavy atom. The summed E-state index contributed by atoms with van der Waals surface area (Å²) in [6.07, 6.45) is 1.33. The van der Waals surface area contributed by atoms with E-state index < -0.39 is 0 Å². The van der Waals surface area contributed by atoms with Crippen LogP contribution in [-0.4, -0.2) is 25.3 Å². The van der Waals surface area contributed by atoms with E-state index in [0.29, 0.717) is 16.8 Å². The van der Waals surface area contributed by atoms with Crippen LogP contribution in [0.4, 0.5) is 10.5 Å². The molecule has 1 saturated carbocycles. The highest BCUT2D eigenvalue weighted by molar-refractivity contribution is 6.32. The van der Waals surface area contributed by atoms with Crippen molar-refractivity contribution in [2.24, 2.45) is 0 Å². The molecule has 0 radical (unpaired) electrons. The third kappa shape index (κ3) is 4.79. The van der Waals surface area contributed by atoms with Gasteiger partial charge in [-0.05, 0) is 30.5 Å². The summed E-state index contributed by atoms with van der Waals surface area (Å²) >= 11 is 6.02. The largest absolute Gasteiger partial charge is 0.495 e. The Hall–Kier alpha value is -2.40. The molecule has 0 atom stereocenters. The molecule has 0 aromatic heterocycles. The second-order valence-corrected chi connectivity index (χ2v) is 6.47. The van der Waals surface area contributed by atoms with Gasteiger partial charge in [-0.15, -0.1) is 0 Å². The number of nitrogens with one attached hydrogen (secondary N) is 2. The standard InChI is InChI=1S/C19H21ClN2O3/c1-24-18-11-14(7-8-17(18)20)21-15-9-16(10-15)22-19(23)25-12-13-5-3-2-4-6-13/h2-8,11,15-16,21H,9-10,12H2,1H3,(H,22,23). The van der Waals surface area contributed by atoms with Crippen LogP contribution in [-0.2, 0) is 11.3 Å². The van der Waals surface area contributed by atoms with E-state index in [-0.39, 0.29) is 18.7 Å². The number of ether oxygens (including phenoxy) is 2. The zero-order chi connectivity index (χ0) is 17.6. The normalized spacial score (nSPS) is 18.8. The molecule has 0 bridgehead atoms. The topological polar surface area (TPSA) is 59.6 Å². The van der Waals surface area contributed by atoms with Gasteiger partial charge in [0.25, 0.3) is 0 Å². The molecule has 0 aliphatic heterocycles. The molecule has 2 N–H and O–H groups in total. The summed E-state index contributed by atoms with van der Waals surface area (Å²) in [5.74, 6) is 0.644. The van der Waals surface area contributed by atoms with Crippen LogP contribution >= 0.6 is 11.6 Å². The predicted octanol–water partition coefficient (Wildman–Crippen LogP) is 4.22. The molecule has 0 heterocycles. The molecule has 6 heteroatoms. The van der Waals surface area contributed by atoms with Crippen molar-refractivity contribution in [3.63, 3.8) is 0 Å². The van der Waals surface area contributed by atoms with Crippen LogP contribution < -0.4 is 15.4 Å². The smallest absolute Gasteiger partial charge is 0.407 e. The Labute approximate surface area is 152 Å². The average molecular weight is 361 g/mol. The Bertz CT molecular complexity index is 718. The van der Waals surface area contributed by atoms with Crippen LogP contribution in [0, 0.1) is 0 Å². The van der Waals surface area contributed by atoms with E-state index >= 15 is 0 Å². The van der Waals surface area contributed by atoms with Gasteiger partial charge in [0.05, 0.1) is 12.1 Å². The minimum atomic E-state index is -0.375. The van der Waals surface area contributed by atoms with Gasteiger partial charge < -0.3 is 20.1 Å². The van der Waals surface area contributed by atoms with Gasteiger partial charge in [-0.25, -0.2) is 4.79 Å².